The highest BCUT2D eigenvalue weighted by atomic mass is 16.4. The van der Waals surface area contributed by atoms with Crippen LogP contribution < -0.4 is 16.4 Å². The molecule has 1 aromatic rings. The first-order chi connectivity index (χ1) is 10.8. The van der Waals surface area contributed by atoms with Crippen LogP contribution in [0.4, 0.5) is 0 Å². The molecule has 0 saturated heterocycles. The Balaban J connectivity index is 2.44. The maximum absolute atomic E-state index is 11.9. The second-order valence-corrected chi connectivity index (χ2v) is 5.01. The Morgan fingerprint density at radius 1 is 1.26 bits per heavy atom. The van der Waals surface area contributed by atoms with E-state index in [9.17, 15) is 14.4 Å². The zero-order valence-electron chi connectivity index (χ0n) is 12.8. The quantitative estimate of drug-likeness (QED) is 0.327. The van der Waals surface area contributed by atoms with Crippen LogP contribution in [0.15, 0.2) is 24.3 Å². The van der Waals surface area contributed by atoms with Gasteiger partial charge in [0.2, 0.25) is 11.8 Å². The summed E-state index contributed by atoms with van der Waals surface area (Å²) in [5.74, 6) is -1.82. The van der Waals surface area contributed by atoms with Crippen molar-refractivity contribution in [3.63, 3.8) is 0 Å². The number of nitrogens with one attached hydrogen (secondary N) is 3. The molecule has 0 aromatic heterocycles. The van der Waals surface area contributed by atoms with Crippen LogP contribution in [-0.4, -0.2) is 41.3 Å². The molecule has 0 aliphatic carbocycles. The summed E-state index contributed by atoms with van der Waals surface area (Å²) < 4.78 is 0. The zero-order chi connectivity index (χ0) is 17.4. The molecule has 2 amide bonds. The molecule has 0 saturated carbocycles. The minimum absolute atomic E-state index is 0.0148. The molecule has 0 fully saturated rings. The van der Waals surface area contributed by atoms with Crippen molar-refractivity contribution in [1.82, 2.24) is 10.6 Å². The number of rotatable bonds is 8. The van der Waals surface area contributed by atoms with Crippen molar-refractivity contribution in [2.45, 2.75) is 25.8 Å². The lowest BCUT2D eigenvalue weighted by molar-refractivity contribution is -0.137. The summed E-state index contributed by atoms with van der Waals surface area (Å²) in [5, 5.41) is 20.7. The fraction of sp³-hybridized carbons (Fsp3) is 0.333. The largest absolute Gasteiger partial charge is 0.481 e. The van der Waals surface area contributed by atoms with Crippen LogP contribution in [0.25, 0.3) is 0 Å². The van der Waals surface area contributed by atoms with Crippen LogP contribution >= 0.6 is 0 Å². The van der Waals surface area contributed by atoms with Gasteiger partial charge < -0.3 is 21.5 Å². The number of amides is 2. The van der Waals surface area contributed by atoms with E-state index in [0.717, 1.165) is 5.56 Å². The normalized spacial score (nSPS) is 11.3. The fourth-order valence-electron chi connectivity index (χ4n) is 1.79. The Labute approximate surface area is 133 Å². The van der Waals surface area contributed by atoms with Gasteiger partial charge >= 0.3 is 5.97 Å². The predicted molar refractivity (Wildman–Crippen MR) is 84.0 cm³/mol. The summed E-state index contributed by atoms with van der Waals surface area (Å²) in [6.07, 6.45) is -0.0835. The summed E-state index contributed by atoms with van der Waals surface area (Å²) >= 11 is 0. The van der Waals surface area contributed by atoms with E-state index in [4.69, 9.17) is 16.2 Å². The second-order valence-electron chi connectivity index (χ2n) is 5.01. The molecule has 6 N–H and O–H groups in total. The molecular formula is C15H20N4O4. The summed E-state index contributed by atoms with van der Waals surface area (Å²) in [5.41, 5.74) is 6.64. The van der Waals surface area contributed by atoms with Crippen LogP contribution in [0.5, 0.6) is 0 Å². The van der Waals surface area contributed by atoms with E-state index in [1.807, 2.05) is 0 Å². The van der Waals surface area contributed by atoms with E-state index in [0.29, 0.717) is 5.56 Å². The van der Waals surface area contributed by atoms with Gasteiger partial charge in [0.15, 0.2) is 0 Å². The van der Waals surface area contributed by atoms with Crippen molar-refractivity contribution >= 4 is 23.6 Å². The van der Waals surface area contributed by atoms with Crippen LogP contribution in [0, 0.1) is 5.41 Å². The number of nitrogen functional groups attached to an aromatic ring is 1. The fourth-order valence-corrected chi connectivity index (χ4v) is 1.79. The van der Waals surface area contributed by atoms with E-state index >= 15 is 0 Å². The van der Waals surface area contributed by atoms with Gasteiger partial charge in [0.25, 0.3) is 0 Å². The molecule has 8 nitrogen and oxygen atoms in total. The number of hydrogen-bond donors (Lipinski definition) is 5. The number of amidine groups is 1. The van der Waals surface area contributed by atoms with Gasteiger partial charge in [-0.05, 0) is 12.5 Å². The highest BCUT2D eigenvalue weighted by Gasteiger charge is 2.15. The van der Waals surface area contributed by atoms with Gasteiger partial charge in [-0.25, -0.2) is 0 Å². The Bertz CT molecular complexity index is 598. The monoisotopic (exact) mass is 320 g/mol. The number of carboxylic acid groups (broad SMARTS) is 1. The molecule has 1 aromatic carbocycles. The lowest BCUT2D eigenvalue weighted by Gasteiger charge is -2.14. The van der Waals surface area contributed by atoms with E-state index in [1.165, 1.54) is 6.92 Å². The lowest BCUT2D eigenvalue weighted by atomic mass is 10.1. The molecule has 1 rings (SSSR count). The Kier molecular flexibility index (Phi) is 6.72. The van der Waals surface area contributed by atoms with Gasteiger partial charge in [0.1, 0.15) is 11.9 Å². The number of carbonyl (C=O) groups excluding carboxylic acids is 2. The van der Waals surface area contributed by atoms with Crippen LogP contribution in [-0.2, 0) is 20.8 Å². The minimum Gasteiger partial charge on any atom is -0.481 e. The van der Waals surface area contributed by atoms with E-state index in [2.05, 4.69) is 10.6 Å². The highest BCUT2D eigenvalue weighted by molar-refractivity contribution is 5.95. The molecule has 0 bridgehead atoms. The average Bonchev–Trinajstić information content (AvgIpc) is 2.47. The molecule has 0 spiro atoms. The van der Waals surface area contributed by atoms with Crippen molar-refractivity contribution in [3.05, 3.63) is 35.4 Å². The molecule has 124 valence electrons. The molecule has 0 unspecified atom stereocenters. The van der Waals surface area contributed by atoms with Crippen molar-refractivity contribution in [2.24, 2.45) is 5.73 Å². The van der Waals surface area contributed by atoms with Gasteiger partial charge in [0.05, 0.1) is 12.8 Å². The number of benzene rings is 1. The number of carbonyl (C=O) groups is 3. The zero-order valence-corrected chi connectivity index (χ0v) is 12.8. The van der Waals surface area contributed by atoms with E-state index in [-0.39, 0.29) is 31.1 Å². The van der Waals surface area contributed by atoms with Crippen molar-refractivity contribution in [2.75, 3.05) is 6.54 Å². The Morgan fingerprint density at radius 3 is 2.39 bits per heavy atom. The predicted octanol–water partition coefficient (Wildman–Crippen LogP) is -0.391. The van der Waals surface area contributed by atoms with Crippen molar-refractivity contribution < 1.29 is 19.5 Å². The third-order valence-corrected chi connectivity index (χ3v) is 3.04. The summed E-state index contributed by atoms with van der Waals surface area (Å²) in [6, 6.07) is 5.91. The maximum atomic E-state index is 11.9. The van der Waals surface area contributed by atoms with Crippen molar-refractivity contribution in [1.29, 1.82) is 5.41 Å². The molecule has 8 heteroatoms. The van der Waals surface area contributed by atoms with E-state index in [1.54, 1.807) is 24.3 Å². The molecular weight excluding hydrogens is 300 g/mol. The Hall–Kier alpha value is -2.90. The summed E-state index contributed by atoms with van der Waals surface area (Å²) in [4.78, 5) is 33.9. The van der Waals surface area contributed by atoms with Gasteiger partial charge in [-0.3, -0.25) is 19.8 Å². The maximum Gasteiger partial charge on any atom is 0.305 e. The minimum atomic E-state index is -1.00. The van der Waals surface area contributed by atoms with Crippen LogP contribution in [0.1, 0.15) is 24.5 Å². The van der Waals surface area contributed by atoms with Gasteiger partial charge in [0, 0.05) is 12.1 Å². The number of carboxylic acids is 1. The SMILES string of the molecule is C[C@H](NC(=O)Cc1ccc(C(=N)N)cc1)C(=O)NCCC(=O)O. The average molecular weight is 320 g/mol. The van der Waals surface area contributed by atoms with Crippen molar-refractivity contribution in [3.8, 4) is 0 Å². The topological polar surface area (TPSA) is 145 Å². The first kappa shape index (κ1) is 18.1. The van der Waals surface area contributed by atoms with Crippen LogP contribution in [0.2, 0.25) is 0 Å². The van der Waals surface area contributed by atoms with Gasteiger partial charge in [-0.2, -0.15) is 0 Å². The molecule has 0 aliphatic rings. The molecule has 1 atom stereocenters. The van der Waals surface area contributed by atoms with Gasteiger partial charge in [-0.15, -0.1) is 0 Å². The van der Waals surface area contributed by atoms with Gasteiger partial charge in [-0.1, -0.05) is 24.3 Å². The molecule has 0 radical (unpaired) electrons. The highest BCUT2D eigenvalue weighted by Crippen LogP contribution is 2.04. The number of nitrogens with two attached hydrogens (primary N) is 1. The first-order valence-corrected chi connectivity index (χ1v) is 7.01. The third-order valence-electron chi connectivity index (χ3n) is 3.04. The Morgan fingerprint density at radius 2 is 1.87 bits per heavy atom. The lowest BCUT2D eigenvalue weighted by Crippen LogP contribution is -2.45. The number of aliphatic carboxylic acids is 1. The first-order valence-electron chi connectivity index (χ1n) is 7.01. The summed E-state index contributed by atoms with van der Waals surface area (Å²) in [7, 11) is 0. The third kappa shape index (κ3) is 6.60. The summed E-state index contributed by atoms with van der Waals surface area (Å²) in [6.45, 7) is 1.54. The molecule has 0 heterocycles. The smallest absolute Gasteiger partial charge is 0.305 e. The second kappa shape index (κ2) is 8.52. The van der Waals surface area contributed by atoms with Crippen LogP contribution in [0.3, 0.4) is 0 Å². The number of hydrogen-bond acceptors (Lipinski definition) is 4. The van der Waals surface area contributed by atoms with E-state index < -0.39 is 17.9 Å². The standard InChI is InChI=1S/C15H20N4O4/c1-9(15(23)18-7-6-13(21)22)19-12(20)8-10-2-4-11(5-3-10)14(16)17/h2-5,9H,6-8H2,1H3,(H3,16,17)(H,18,23)(H,19,20)(H,21,22)/t9-/m0/s1. The molecule has 23 heavy (non-hydrogen) atoms. The molecule has 0 aliphatic heterocycles.